The molecule has 4 N–H and O–H groups in total. The summed E-state index contributed by atoms with van der Waals surface area (Å²) >= 11 is 13.7. The summed E-state index contributed by atoms with van der Waals surface area (Å²) in [5, 5.41) is 20.4. The van der Waals surface area contributed by atoms with Crippen molar-refractivity contribution in [3.05, 3.63) is 99.5 Å². The molecular weight excluding hydrogens is 595 g/mol. The van der Waals surface area contributed by atoms with Gasteiger partial charge >= 0.3 is 6.03 Å². The number of halogens is 2. The van der Waals surface area contributed by atoms with Crippen molar-refractivity contribution in [3.63, 3.8) is 0 Å². The zero-order valence-corrected chi connectivity index (χ0v) is 25.9. The largest absolute Gasteiger partial charge is 0.381 e. The van der Waals surface area contributed by atoms with Crippen LogP contribution < -0.4 is 16.0 Å². The Kier molecular flexibility index (Phi) is 10.4. The molecule has 8 nitrogen and oxygen atoms in total. The van der Waals surface area contributed by atoms with E-state index in [1.165, 1.54) is 22.7 Å². The molecule has 0 radical (unpaired) electrons. The van der Waals surface area contributed by atoms with Crippen LogP contribution in [0.4, 0.5) is 10.5 Å². The van der Waals surface area contributed by atoms with E-state index in [0.29, 0.717) is 11.6 Å². The van der Waals surface area contributed by atoms with Gasteiger partial charge in [0.25, 0.3) is 5.91 Å². The summed E-state index contributed by atoms with van der Waals surface area (Å²) in [6.07, 6.45) is -1.47. The van der Waals surface area contributed by atoms with Gasteiger partial charge in [0.2, 0.25) is 5.91 Å². The van der Waals surface area contributed by atoms with Gasteiger partial charge < -0.3 is 26.0 Å². The highest BCUT2D eigenvalue weighted by Crippen LogP contribution is 2.40. The van der Waals surface area contributed by atoms with Gasteiger partial charge in [-0.1, -0.05) is 77.8 Å². The van der Waals surface area contributed by atoms with E-state index in [2.05, 4.69) is 16.0 Å². The molecule has 3 unspecified atom stereocenters. The molecule has 0 spiro atoms. The number of aliphatic hydroxyl groups is 1. The maximum atomic E-state index is 13.8. The molecule has 1 fully saturated rings. The van der Waals surface area contributed by atoms with Crippen LogP contribution in [0, 0.1) is 6.92 Å². The number of anilines is 1. The summed E-state index contributed by atoms with van der Waals surface area (Å²) in [6, 6.07) is 19.1. The molecule has 4 rings (SSSR count). The van der Waals surface area contributed by atoms with Crippen molar-refractivity contribution in [2.75, 3.05) is 11.2 Å². The summed E-state index contributed by atoms with van der Waals surface area (Å²) in [7, 11) is 0. The zero-order chi connectivity index (χ0) is 30.4. The predicted molar refractivity (Wildman–Crippen MR) is 169 cm³/mol. The van der Waals surface area contributed by atoms with Gasteiger partial charge in [0, 0.05) is 16.3 Å². The lowest BCUT2D eigenvalue weighted by Gasteiger charge is -2.33. The molecule has 1 heterocycles. The Bertz CT molecular complexity index is 1440. The van der Waals surface area contributed by atoms with E-state index >= 15 is 0 Å². The Balaban J connectivity index is 1.52. The second-order valence-corrected chi connectivity index (χ2v) is 13.1. The van der Waals surface area contributed by atoms with Gasteiger partial charge in [-0.2, -0.15) is 0 Å². The maximum Gasteiger partial charge on any atom is 0.319 e. The van der Waals surface area contributed by atoms with Crippen molar-refractivity contribution in [3.8, 4) is 0 Å². The molecule has 0 saturated carbocycles. The standard InChI is InChI=1S/C31H34Cl2N4O4S/c1-19-9-7-8-12-21(19)17-34-28(39)27-31(2,3)42-18-37(27)29(40)26(38)25(15-20-10-5-4-6-11-20)36-30(41)35-24-16-22(32)13-14-23(24)33/h4-14,16,25-27,38H,15,17-18H2,1-3H3,(H,34,39)(H2,35,36,41). The third-order valence-corrected chi connectivity index (χ3v) is 9.16. The zero-order valence-electron chi connectivity index (χ0n) is 23.6. The van der Waals surface area contributed by atoms with Gasteiger partial charge in [-0.15, -0.1) is 11.8 Å². The molecule has 0 aliphatic carbocycles. The maximum absolute atomic E-state index is 13.8. The molecule has 0 aromatic heterocycles. The molecule has 42 heavy (non-hydrogen) atoms. The molecule has 3 atom stereocenters. The smallest absolute Gasteiger partial charge is 0.319 e. The number of carbonyl (C=O) groups excluding carboxylic acids is 3. The Morgan fingerprint density at radius 2 is 1.74 bits per heavy atom. The van der Waals surface area contributed by atoms with Crippen LogP contribution in [0.3, 0.4) is 0 Å². The van der Waals surface area contributed by atoms with Crippen LogP contribution in [0.2, 0.25) is 10.0 Å². The molecule has 1 aliphatic rings. The third-order valence-electron chi connectivity index (χ3n) is 7.22. The molecule has 0 bridgehead atoms. The number of carbonyl (C=O) groups is 3. The summed E-state index contributed by atoms with van der Waals surface area (Å²) in [5.74, 6) is -0.742. The van der Waals surface area contributed by atoms with E-state index in [1.807, 2.05) is 75.4 Å². The average molecular weight is 630 g/mol. The minimum atomic E-state index is -1.63. The van der Waals surface area contributed by atoms with Crippen molar-refractivity contribution in [2.45, 2.75) is 56.7 Å². The van der Waals surface area contributed by atoms with Crippen LogP contribution in [0.5, 0.6) is 0 Å². The van der Waals surface area contributed by atoms with E-state index < -0.39 is 34.9 Å². The quantitative estimate of drug-likeness (QED) is 0.254. The lowest BCUT2D eigenvalue weighted by atomic mass is 9.97. The molecule has 1 aliphatic heterocycles. The molecule has 222 valence electrons. The Hall–Kier alpha value is -3.24. The molecule has 1 saturated heterocycles. The highest BCUT2D eigenvalue weighted by molar-refractivity contribution is 8.00. The van der Waals surface area contributed by atoms with E-state index in [0.717, 1.165) is 16.7 Å². The fraction of sp³-hybridized carbons (Fsp3) is 0.323. The van der Waals surface area contributed by atoms with Gasteiger partial charge in [0.1, 0.15) is 6.04 Å². The average Bonchev–Trinajstić information content (AvgIpc) is 3.28. The van der Waals surface area contributed by atoms with E-state index in [1.54, 1.807) is 12.1 Å². The Labute approximate surface area is 260 Å². The number of aliphatic hydroxyl groups excluding tert-OH is 1. The monoisotopic (exact) mass is 628 g/mol. The van der Waals surface area contributed by atoms with Crippen molar-refractivity contribution in [1.82, 2.24) is 15.5 Å². The van der Waals surface area contributed by atoms with E-state index in [9.17, 15) is 19.5 Å². The van der Waals surface area contributed by atoms with Crippen molar-refractivity contribution >= 4 is 58.5 Å². The molecule has 3 aromatic rings. The fourth-order valence-corrected chi connectivity index (χ4v) is 6.35. The lowest BCUT2D eigenvalue weighted by molar-refractivity contribution is -0.147. The topological polar surface area (TPSA) is 111 Å². The number of hydrogen-bond acceptors (Lipinski definition) is 5. The summed E-state index contributed by atoms with van der Waals surface area (Å²) in [6.45, 7) is 6.09. The summed E-state index contributed by atoms with van der Waals surface area (Å²) < 4.78 is -0.603. The van der Waals surface area contributed by atoms with Crippen LogP contribution in [0.1, 0.15) is 30.5 Å². The number of nitrogens with one attached hydrogen (secondary N) is 3. The minimum Gasteiger partial charge on any atom is -0.381 e. The number of urea groups is 1. The number of nitrogens with zero attached hydrogens (tertiary/aromatic N) is 1. The number of aryl methyl sites for hydroxylation is 1. The van der Waals surface area contributed by atoms with Crippen molar-refractivity contribution < 1.29 is 19.5 Å². The highest BCUT2D eigenvalue weighted by Gasteiger charge is 2.49. The molecular formula is C31H34Cl2N4O4S. The van der Waals surface area contributed by atoms with Gasteiger partial charge in [-0.3, -0.25) is 9.59 Å². The van der Waals surface area contributed by atoms with Gasteiger partial charge in [-0.25, -0.2) is 4.79 Å². The van der Waals surface area contributed by atoms with Gasteiger partial charge in [0.15, 0.2) is 6.10 Å². The number of amides is 4. The molecule has 3 aromatic carbocycles. The van der Waals surface area contributed by atoms with E-state index in [4.69, 9.17) is 23.2 Å². The van der Waals surface area contributed by atoms with Crippen molar-refractivity contribution in [2.24, 2.45) is 0 Å². The van der Waals surface area contributed by atoms with E-state index in [-0.39, 0.29) is 28.9 Å². The Morgan fingerprint density at radius 3 is 2.45 bits per heavy atom. The second-order valence-electron chi connectivity index (χ2n) is 10.7. The predicted octanol–water partition coefficient (Wildman–Crippen LogP) is 5.39. The first kappa shape index (κ1) is 31.7. The first-order valence-electron chi connectivity index (χ1n) is 13.5. The van der Waals surface area contributed by atoms with Crippen LogP contribution in [0.15, 0.2) is 72.8 Å². The first-order valence-corrected chi connectivity index (χ1v) is 15.2. The summed E-state index contributed by atoms with van der Waals surface area (Å²) in [5.41, 5.74) is 3.11. The van der Waals surface area contributed by atoms with Crippen molar-refractivity contribution in [1.29, 1.82) is 0 Å². The number of benzene rings is 3. The number of hydrogen-bond donors (Lipinski definition) is 4. The normalized spacial score (nSPS) is 17.3. The van der Waals surface area contributed by atoms with Crippen LogP contribution in [-0.2, 0) is 22.6 Å². The number of thioether (sulfide) groups is 1. The summed E-state index contributed by atoms with van der Waals surface area (Å²) in [4.78, 5) is 41.7. The van der Waals surface area contributed by atoms with Gasteiger partial charge in [-0.05, 0) is 62.1 Å². The third kappa shape index (κ3) is 7.77. The Morgan fingerprint density at radius 1 is 1.05 bits per heavy atom. The fourth-order valence-electron chi connectivity index (χ4n) is 4.87. The lowest BCUT2D eigenvalue weighted by Crippen LogP contribution is -2.59. The molecule has 11 heteroatoms. The van der Waals surface area contributed by atoms with Crippen LogP contribution >= 0.6 is 35.0 Å². The first-order chi connectivity index (χ1) is 20.0. The SMILES string of the molecule is Cc1ccccc1CNC(=O)C1N(C(=O)C(O)C(Cc2ccccc2)NC(=O)Nc2cc(Cl)ccc2Cl)CSC1(C)C. The number of rotatable bonds is 9. The minimum absolute atomic E-state index is 0.166. The second kappa shape index (κ2) is 13.8. The molecule has 4 amide bonds. The van der Waals surface area contributed by atoms with Crippen LogP contribution in [-0.4, -0.2) is 56.7 Å². The van der Waals surface area contributed by atoms with Crippen LogP contribution in [0.25, 0.3) is 0 Å². The highest BCUT2D eigenvalue weighted by atomic mass is 35.5. The van der Waals surface area contributed by atoms with Gasteiger partial charge in [0.05, 0.1) is 22.6 Å².